The summed E-state index contributed by atoms with van der Waals surface area (Å²) in [6, 6.07) is 14.9. The molecule has 0 fully saturated rings. The Morgan fingerprint density at radius 3 is 2.16 bits per heavy atom. The van der Waals surface area contributed by atoms with Crippen LogP contribution in [0.2, 0.25) is 5.02 Å². The molecule has 1 aromatic heterocycles. The van der Waals surface area contributed by atoms with E-state index in [-0.39, 0.29) is 12.5 Å². The highest BCUT2D eigenvalue weighted by Crippen LogP contribution is 2.24. The zero-order valence-electron chi connectivity index (χ0n) is 17.6. The van der Waals surface area contributed by atoms with Gasteiger partial charge >= 0.3 is 6.09 Å². The van der Waals surface area contributed by atoms with Crippen LogP contribution in [0.15, 0.2) is 48.5 Å². The number of carbonyl (C=O) groups excluding carboxylic acids is 1. The van der Waals surface area contributed by atoms with Crippen molar-refractivity contribution < 1.29 is 14.7 Å². The van der Waals surface area contributed by atoms with Crippen molar-refractivity contribution in [2.45, 2.75) is 33.9 Å². The molecule has 0 aliphatic carbocycles. The van der Waals surface area contributed by atoms with Crippen molar-refractivity contribution in [3.05, 3.63) is 87.2 Å². The Morgan fingerprint density at radius 2 is 1.52 bits per heavy atom. The molecule has 0 radical (unpaired) electrons. The smallest absolute Gasteiger partial charge is 0.404 e. The Kier molecular flexibility index (Phi) is 6.92. The average Bonchev–Trinajstić information content (AvgIpc) is 2.72. The van der Waals surface area contributed by atoms with Gasteiger partial charge in [0.1, 0.15) is 0 Å². The summed E-state index contributed by atoms with van der Waals surface area (Å²) in [5, 5.41) is 14.9. The third kappa shape index (κ3) is 6.06. The number of hydrogen-bond acceptors (Lipinski definition) is 3. The van der Waals surface area contributed by atoms with E-state index in [1.807, 2.05) is 57.2 Å². The molecule has 0 spiro atoms. The monoisotopic (exact) mass is 437 g/mol. The molecule has 31 heavy (non-hydrogen) atoms. The predicted molar refractivity (Wildman–Crippen MR) is 121 cm³/mol. The minimum Gasteiger partial charge on any atom is -0.465 e. The second-order valence-corrected chi connectivity index (χ2v) is 7.89. The van der Waals surface area contributed by atoms with Crippen LogP contribution in [0.5, 0.6) is 0 Å². The Balaban J connectivity index is 1.89. The van der Waals surface area contributed by atoms with Crippen LogP contribution in [-0.4, -0.2) is 22.1 Å². The van der Waals surface area contributed by atoms with Gasteiger partial charge in [0.15, 0.2) is 0 Å². The Labute approximate surface area is 186 Å². The second kappa shape index (κ2) is 9.62. The van der Waals surface area contributed by atoms with Crippen LogP contribution in [-0.2, 0) is 13.1 Å². The Hall–Kier alpha value is -3.38. The number of nitrogens with one attached hydrogen (secondary N) is 2. The molecule has 2 aromatic carbocycles. The maximum atomic E-state index is 12.9. The first kappa shape index (κ1) is 22.3. The standard InChI is InChI=1S/C24H24ClN3O3/c1-14-6-17(4-5-22(14)25)12-26-23(29)21-10-18(13-27-24(30)31)9-20(11-21)19-7-15(2)28-16(3)8-19/h4-11,27H,12-13H2,1-3H3,(H,26,29)(H,30,31). The van der Waals surface area contributed by atoms with Crippen LogP contribution < -0.4 is 10.6 Å². The number of aryl methyl sites for hydroxylation is 3. The highest BCUT2D eigenvalue weighted by atomic mass is 35.5. The molecule has 2 amide bonds. The number of pyridine rings is 1. The largest absolute Gasteiger partial charge is 0.465 e. The van der Waals surface area contributed by atoms with Crippen LogP contribution >= 0.6 is 11.6 Å². The second-order valence-electron chi connectivity index (χ2n) is 7.48. The third-order valence-electron chi connectivity index (χ3n) is 4.79. The first-order valence-corrected chi connectivity index (χ1v) is 10.2. The first-order valence-electron chi connectivity index (χ1n) is 9.81. The van der Waals surface area contributed by atoms with Gasteiger partial charge in [0.05, 0.1) is 0 Å². The van der Waals surface area contributed by atoms with Gasteiger partial charge in [0.25, 0.3) is 5.91 Å². The van der Waals surface area contributed by atoms with E-state index < -0.39 is 6.09 Å². The molecule has 7 heteroatoms. The molecule has 6 nitrogen and oxygen atoms in total. The van der Waals surface area contributed by atoms with Crippen molar-refractivity contribution in [2.24, 2.45) is 0 Å². The van der Waals surface area contributed by atoms with E-state index in [0.717, 1.165) is 33.6 Å². The Bertz CT molecular complexity index is 1120. The molecule has 0 bridgehead atoms. The lowest BCUT2D eigenvalue weighted by Gasteiger charge is -2.12. The molecule has 0 unspecified atom stereocenters. The van der Waals surface area contributed by atoms with Crippen molar-refractivity contribution in [2.75, 3.05) is 0 Å². The average molecular weight is 438 g/mol. The van der Waals surface area contributed by atoms with E-state index in [1.54, 1.807) is 12.1 Å². The molecule has 0 aliphatic heterocycles. The summed E-state index contributed by atoms with van der Waals surface area (Å²) >= 11 is 6.07. The topological polar surface area (TPSA) is 91.3 Å². The van der Waals surface area contributed by atoms with Crippen LogP contribution in [0.4, 0.5) is 4.79 Å². The molecule has 1 heterocycles. The number of rotatable bonds is 6. The SMILES string of the molecule is Cc1cc(-c2cc(CNC(=O)O)cc(C(=O)NCc3ccc(Cl)c(C)c3)c2)cc(C)n1. The van der Waals surface area contributed by atoms with Crippen molar-refractivity contribution >= 4 is 23.6 Å². The minimum absolute atomic E-state index is 0.100. The van der Waals surface area contributed by atoms with Gasteiger partial charge in [-0.25, -0.2) is 4.79 Å². The molecule has 3 rings (SSSR count). The van der Waals surface area contributed by atoms with Gasteiger partial charge in [-0.15, -0.1) is 0 Å². The fourth-order valence-corrected chi connectivity index (χ4v) is 3.49. The van der Waals surface area contributed by atoms with E-state index in [9.17, 15) is 9.59 Å². The first-order chi connectivity index (χ1) is 14.7. The fourth-order valence-electron chi connectivity index (χ4n) is 3.37. The number of aromatic nitrogens is 1. The molecule has 0 saturated carbocycles. The number of hydrogen-bond donors (Lipinski definition) is 3. The summed E-state index contributed by atoms with van der Waals surface area (Å²) in [6.45, 7) is 6.19. The summed E-state index contributed by atoms with van der Waals surface area (Å²) in [5.74, 6) is -0.242. The van der Waals surface area contributed by atoms with Gasteiger partial charge in [0.2, 0.25) is 0 Å². The summed E-state index contributed by atoms with van der Waals surface area (Å²) in [5.41, 5.74) is 6.52. The molecule has 0 saturated heterocycles. The lowest BCUT2D eigenvalue weighted by Crippen LogP contribution is -2.24. The van der Waals surface area contributed by atoms with Crippen LogP contribution in [0.25, 0.3) is 11.1 Å². The van der Waals surface area contributed by atoms with Gasteiger partial charge in [0, 0.05) is 35.1 Å². The van der Waals surface area contributed by atoms with Gasteiger partial charge in [-0.2, -0.15) is 0 Å². The molecular weight excluding hydrogens is 414 g/mol. The quantitative estimate of drug-likeness (QED) is 0.504. The number of amides is 2. The summed E-state index contributed by atoms with van der Waals surface area (Å²) in [7, 11) is 0. The molecule has 3 N–H and O–H groups in total. The highest BCUT2D eigenvalue weighted by molar-refractivity contribution is 6.31. The van der Waals surface area contributed by atoms with Crippen molar-refractivity contribution in [1.29, 1.82) is 0 Å². The maximum absolute atomic E-state index is 12.9. The third-order valence-corrected chi connectivity index (χ3v) is 5.21. The molecule has 0 atom stereocenters. The molecule has 0 aliphatic rings. The zero-order chi connectivity index (χ0) is 22.5. The molecular formula is C24H24ClN3O3. The number of benzene rings is 2. The van der Waals surface area contributed by atoms with Gasteiger partial charge in [-0.05, 0) is 85.0 Å². The van der Waals surface area contributed by atoms with Crippen molar-refractivity contribution in [1.82, 2.24) is 15.6 Å². The number of carboxylic acid groups (broad SMARTS) is 1. The highest BCUT2D eigenvalue weighted by Gasteiger charge is 2.12. The number of carbonyl (C=O) groups is 2. The van der Waals surface area contributed by atoms with Crippen LogP contribution in [0.1, 0.15) is 38.4 Å². The minimum atomic E-state index is -1.12. The van der Waals surface area contributed by atoms with Crippen molar-refractivity contribution in [3.63, 3.8) is 0 Å². The maximum Gasteiger partial charge on any atom is 0.404 e. The van der Waals surface area contributed by atoms with E-state index in [0.29, 0.717) is 22.7 Å². The summed E-state index contributed by atoms with van der Waals surface area (Å²) in [6.07, 6.45) is -1.12. The van der Waals surface area contributed by atoms with Crippen LogP contribution in [0.3, 0.4) is 0 Å². The van der Waals surface area contributed by atoms with Crippen molar-refractivity contribution in [3.8, 4) is 11.1 Å². The van der Waals surface area contributed by atoms with E-state index >= 15 is 0 Å². The van der Waals surface area contributed by atoms with Crippen LogP contribution in [0, 0.1) is 20.8 Å². The van der Waals surface area contributed by atoms with Gasteiger partial charge < -0.3 is 15.7 Å². The number of halogens is 1. The fraction of sp³-hybridized carbons (Fsp3) is 0.208. The lowest BCUT2D eigenvalue weighted by atomic mass is 9.98. The van der Waals surface area contributed by atoms with Gasteiger partial charge in [-0.1, -0.05) is 23.7 Å². The summed E-state index contributed by atoms with van der Waals surface area (Å²) < 4.78 is 0. The van der Waals surface area contributed by atoms with E-state index in [4.69, 9.17) is 16.7 Å². The molecule has 160 valence electrons. The van der Waals surface area contributed by atoms with Gasteiger partial charge in [-0.3, -0.25) is 9.78 Å². The predicted octanol–water partition coefficient (Wildman–Crippen LogP) is 5.02. The zero-order valence-corrected chi connectivity index (χ0v) is 18.4. The van der Waals surface area contributed by atoms with E-state index in [1.165, 1.54) is 0 Å². The lowest BCUT2D eigenvalue weighted by molar-refractivity contribution is 0.0951. The van der Waals surface area contributed by atoms with E-state index in [2.05, 4.69) is 15.6 Å². The normalized spacial score (nSPS) is 10.6. The molecule has 3 aromatic rings. The Morgan fingerprint density at radius 1 is 0.871 bits per heavy atom. The summed E-state index contributed by atoms with van der Waals surface area (Å²) in [4.78, 5) is 28.2. The number of nitrogens with zero attached hydrogens (tertiary/aromatic N) is 1.